The van der Waals surface area contributed by atoms with Crippen LogP contribution in [0, 0.1) is 40.4 Å². The van der Waals surface area contributed by atoms with Crippen molar-refractivity contribution in [3.63, 3.8) is 0 Å². The largest absolute Gasteiger partial charge is 0.466 e. The lowest BCUT2D eigenvalue weighted by molar-refractivity contribution is -0.160. The highest BCUT2D eigenvalue weighted by atomic mass is 16.5. The van der Waals surface area contributed by atoms with Gasteiger partial charge in [0, 0.05) is 18.9 Å². The molecular weight excluding hydrogens is 392 g/mol. The summed E-state index contributed by atoms with van der Waals surface area (Å²) in [6.07, 6.45) is 12.7. The fourth-order valence-corrected chi connectivity index (χ4v) is 8.36. The van der Waals surface area contributed by atoms with Crippen LogP contribution in [-0.2, 0) is 23.9 Å². The summed E-state index contributed by atoms with van der Waals surface area (Å²) in [6.45, 7) is 6.35. The maximum atomic E-state index is 13.0. The van der Waals surface area contributed by atoms with E-state index in [1.807, 2.05) is 0 Å². The highest BCUT2D eigenvalue weighted by molar-refractivity contribution is 5.97. The fraction of sp³-hybridized carbons (Fsp3) is 0.808. The summed E-state index contributed by atoms with van der Waals surface area (Å²) in [6, 6.07) is 0. The maximum Gasteiger partial charge on any atom is 0.330 e. The van der Waals surface area contributed by atoms with E-state index < -0.39 is 5.97 Å². The molecule has 0 aliphatic heterocycles. The molecular formula is C26H38O5. The Morgan fingerprint density at radius 2 is 1.58 bits per heavy atom. The van der Waals surface area contributed by atoms with E-state index in [4.69, 9.17) is 4.74 Å². The van der Waals surface area contributed by atoms with Gasteiger partial charge in [0.2, 0.25) is 0 Å². The SMILES string of the molecule is COC(=O)/C=C\C(=O)[C@H]1CC[C@H]2[C@@H]3CC[C@@H]4C[C@H](OC(C)=O)CC[C@]4(C)[C@H]3CC[C@]12C. The minimum Gasteiger partial charge on any atom is -0.466 e. The van der Waals surface area contributed by atoms with Crippen LogP contribution >= 0.6 is 0 Å². The quantitative estimate of drug-likeness (QED) is 0.470. The number of carbonyl (C=O) groups excluding carboxylic acids is 3. The summed E-state index contributed by atoms with van der Waals surface area (Å²) in [5.41, 5.74) is 0.366. The standard InChI is InChI=1S/C26H38O5/c1-16(27)31-18-11-13-25(2)17(15-18)5-6-19-20-7-8-22(23(28)9-10-24(29)30-4)26(20,3)14-12-21(19)25/h9-10,17-22H,5-8,11-15H2,1-4H3/b10-9-/t17-,18-,19+,20+,21+,22-,25+,26+/m1/s1. The molecule has 0 N–H and O–H groups in total. The van der Waals surface area contributed by atoms with Gasteiger partial charge in [-0.1, -0.05) is 13.8 Å². The Hall–Kier alpha value is -1.65. The van der Waals surface area contributed by atoms with Crippen molar-refractivity contribution < 1.29 is 23.9 Å². The molecule has 0 amide bonds. The molecule has 0 bridgehead atoms. The lowest BCUT2D eigenvalue weighted by atomic mass is 9.44. The first-order valence-corrected chi connectivity index (χ1v) is 12.2. The number of hydrogen-bond donors (Lipinski definition) is 0. The number of methoxy groups -OCH3 is 1. The van der Waals surface area contributed by atoms with E-state index in [9.17, 15) is 14.4 Å². The fourth-order valence-electron chi connectivity index (χ4n) is 8.36. The van der Waals surface area contributed by atoms with Crippen LogP contribution in [0.25, 0.3) is 0 Å². The van der Waals surface area contributed by atoms with Crippen LogP contribution < -0.4 is 0 Å². The van der Waals surface area contributed by atoms with Gasteiger partial charge in [0.05, 0.1) is 7.11 Å². The molecule has 0 unspecified atom stereocenters. The lowest BCUT2D eigenvalue weighted by Crippen LogP contribution is -2.54. The Kier molecular flexibility index (Phi) is 6.08. The molecule has 4 rings (SSSR count). The highest BCUT2D eigenvalue weighted by Gasteiger charge is 2.61. The van der Waals surface area contributed by atoms with Gasteiger partial charge in [0.15, 0.2) is 5.78 Å². The molecule has 0 saturated heterocycles. The van der Waals surface area contributed by atoms with Crippen LogP contribution in [0.4, 0.5) is 0 Å². The summed E-state index contributed by atoms with van der Waals surface area (Å²) in [5.74, 6) is 2.12. The molecule has 5 heteroatoms. The molecule has 0 aromatic heterocycles. The van der Waals surface area contributed by atoms with E-state index in [0.717, 1.165) is 38.5 Å². The van der Waals surface area contributed by atoms with Crippen molar-refractivity contribution in [2.24, 2.45) is 40.4 Å². The van der Waals surface area contributed by atoms with Crippen molar-refractivity contribution in [1.29, 1.82) is 0 Å². The number of hydrogen-bond acceptors (Lipinski definition) is 5. The lowest BCUT2D eigenvalue weighted by Gasteiger charge is -2.61. The van der Waals surface area contributed by atoms with Gasteiger partial charge in [-0.15, -0.1) is 0 Å². The number of carbonyl (C=O) groups is 3. The van der Waals surface area contributed by atoms with Crippen molar-refractivity contribution in [2.75, 3.05) is 7.11 Å². The molecule has 31 heavy (non-hydrogen) atoms. The van der Waals surface area contributed by atoms with Gasteiger partial charge < -0.3 is 9.47 Å². The van der Waals surface area contributed by atoms with Gasteiger partial charge in [-0.2, -0.15) is 0 Å². The van der Waals surface area contributed by atoms with Crippen LogP contribution in [0.5, 0.6) is 0 Å². The number of ketones is 1. The Labute approximate surface area is 186 Å². The van der Waals surface area contributed by atoms with Crippen molar-refractivity contribution >= 4 is 17.7 Å². The normalized spacial score (nSPS) is 44.1. The molecule has 4 saturated carbocycles. The first kappa shape index (κ1) is 22.5. The second-order valence-corrected chi connectivity index (χ2v) is 11.1. The molecule has 0 aromatic carbocycles. The van der Waals surface area contributed by atoms with Crippen LogP contribution in [0.3, 0.4) is 0 Å². The van der Waals surface area contributed by atoms with E-state index >= 15 is 0 Å². The molecule has 4 aliphatic carbocycles. The molecule has 4 aliphatic rings. The van der Waals surface area contributed by atoms with Crippen LogP contribution in [0.1, 0.15) is 78.6 Å². The zero-order valence-corrected chi connectivity index (χ0v) is 19.5. The summed E-state index contributed by atoms with van der Waals surface area (Å²) in [4.78, 5) is 35.9. The van der Waals surface area contributed by atoms with Crippen LogP contribution in [-0.4, -0.2) is 30.9 Å². The summed E-state index contributed by atoms with van der Waals surface area (Å²) in [7, 11) is 1.34. The molecule has 8 atom stereocenters. The van der Waals surface area contributed by atoms with Gasteiger partial charge in [-0.05, 0) is 98.4 Å². The van der Waals surface area contributed by atoms with Crippen molar-refractivity contribution in [2.45, 2.75) is 84.7 Å². The van der Waals surface area contributed by atoms with E-state index in [0.29, 0.717) is 29.1 Å². The van der Waals surface area contributed by atoms with Gasteiger partial charge in [0.25, 0.3) is 0 Å². The average Bonchev–Trinajstić information content (AvgIpc) is 3.09. The predicted octanol–water partition coefficient (Wildman–Crippen LogP) is 4.88. The average molecular weight is 431 g/mol. The topological polar surface area (TPSA) is 69.7 Å². The van der Waals surface area contributed by atoms with Gasteiger partial charge in [0.1, 0.15) is 6.10 Å². The summed E-state index contributed by atoms with van der Waals surface area (Å²) >= 11 is 0. The first-order valence-electron chi connectivity index (χ1n) is 12.2. The first-order chi connectivity index (χ1) is 14.7. The monoisotopic (exact) mass is 430 g/mol. The van der Waals surface area contributed by atoms with Gasteiger partial charge in [-0.3, -0.25) is 9.59 Å². The molecule has 4 fully saturated rings. The highest BCUT2D eigenvalue weighted by Crippen LogP contribution is 2.67. The molecule has 172 valence electrons. The third-order valence-corrected chi connectivity index (χ3v) is 9.88. The molecule has 0 spiro atoms. The van der Waals surface area contributed by atoms with E-state index in [2.05, 4.69) is 18.6 Å². The van der Waals surface area contributed by atoms with E-state index in [-0.39, 0.29) is 29.2 Å². The Bertz CT molecular complexity index is 772. The number of rotatable bonds is 4. The number of esters is 2. The third kappa shape index (κ3) is 3.87. The Morgan fingerprint density at radius 3 is 2.29 bits per heavy atom. The van der Waals surface area contributed by atoms with E-state index in [1.54, 1.807) is 0 Å². The number of ether oxygens (including phenoxy) is 2. The zero-order chi connectivity index (χ0) is 22.4. The van der Waals surface area contributed by atoms with Crippen molar-refractivity contribution in [3.8, 4) is 0 Å². The smallest absolute Gasteiger partial charge is 0.330 e. The zero-order valence-electron chi connectivity index (χ0n) is 19.5. The van der Waals surface area contributed by atoms with E-state index in [1.165, 1.54) is 45.4 Å². The summed E-state index contributed by atoms with van der Waals surface area (Å²) in [5, 5.41) is 0. The minimum atomic E-state index is -0.465. The van der Waals surface area contributed by atoms with Crippen LogP contribution in [0.2, 0.25) is 0 Å². The number of fused-ring (bicyclic) bond motifs is 5. The molecule has 0 radical (unpaired) electrons. The van der Waals surface area contributed by atoms with Gasteiger partial charge in [-0.25, -0.2) is 4.79 Å². The molecule has 5 nitrogen and oxygen atoms in total. The van der Waals surface area contributed by atoms with Gasteiger partial charge >= 0.3 is 11.9 Å². The maximum absolute atomic E-state index is 13.0. The second kappa shape index (κ2) is 8.37. The Balaban J connectivity index is 1.49. The third-order valence-electron chi connectivity index (χ3n) is 9.88. The summed E-state index contributed by atoms with van der Waals surface area (Å²) < 4.78 is 10.2. The van der Waals surface area contributed by atoms with Crippen LogP contribution in [0.15, 0.2) is 12.2 Å². The molecule has 0 aromatic rings. The van der Waals surface area contributed by atoms with Crippen molar-refractivity contribution in [3.05, 3.63) is 12.2 Å². The molecule has 0 heterocycles. The van der Waals surface area contributed by atoms with Crippen molar-refractivity contribution in [1.82, 2.24) is 0 Å². The minimum absolute atomic E-state index is 0.0181. The second-order valence-electron chi connectivity index (χ2n) is 11.1. The predicted molar refractivity (Wildman–Crippen MR) is 117 cm³/mol. The Morgan fingerprint density at radius 1 is 0.871 bits per heavy atom. The number of allylic oxidation sites excluding steroid dienone is 1.